The molecule has 3 aromatic heterocycles. The molecule has 170 valence electrons. The van der Waals surface area contributed by atoms with Gasteiger partial charge in [-0.25, -0.2) is 0 Å². The minimum atomic E-state index is -0.0848. The Morgan fingerprint density at radius 1 is 0.528 bits per heavy atom. The minimum Gasteiger partial charge on any atom is -0.344 e. The van der Waals surface area contributed by atoms with Gasteiger partial charge in [0.2, 0.25) is 0 Å². The topological polar surface area (TPSA) is 9.34 Å². The summed E-state index contributed by atoms with van der Waals surface area (Å²) < 4.78 is 4.97. The van der Waals surface area contributed by atoms with Crippen molar-refractivity contribution in [1.29, 1.82) is 0 Å². The van der Waals surface area contributed by atoms with Gasteiger partial charge in [-0.05, 0) is 45.8 Å². The van der Waals surface area contributed by atoms with Gasteiger partial charge in [0.05, 0.1) is 22.1 Å². The minimum absolute atomic E-state index is 0.0848. The molecule has 8 aromatic rings. The number of rotatable bonds is 0. The van der Waals surface area contributed by atoms with E-state index in [1.807, 2.05) is 0 Å². The summed E-state index contributed by atoms with van der Waals surface area (Å²) in [5, 5.41) is 8.05. The Morgan fingerprint density at radius 2 is 1.17 bits per heavy atom. The number of para-hydroxylation sites is 1. The fourth-order valence-corrected chi connectivity index (χ4v) is 7.55. The molecule has 0 saturated heterocycles. The first-order valence-electron chi connectivity index (χ1n) is 12.8. The van der Waals surface area contributed by atoms with Gasteiger partial charge in [-0.1, -0.05) is 86.6 Å². The van der Waals surface area contributed by atoms with Crippen molar-refractivity contribution in [2.75, 3.05) is 0 Å². The Labute approximate surface area is 208 Å². The van der Waals surface area contributed by atoms with Crippen LogP contribution in [0.5, 0.6) is 0 Å². The Hall–Kier alpha value is -4.30. The highest BCUT2D eigenvalue weighted by Gasteiger charge is 2.38. The summed E-state index contributed by atoms with van der Waals surface area (Å²) in [5.74, 6) is 0. The smallest absolute Gasteiger partial charge is 0.0620 e. The molecule has 1 aliphatic carbocycles. The van der Waals surface area contributed by atoms with Crippen LogP contribution in [-0.4, -0.2) is 8.97 Å². The molecule has 0 saturated carbocycles. The van der Waals surface area contributed by atoms with E-state index in [0.717, 1.165) is 0 Å². The predicted molar refractivity (Wildman–Crippen MR) is 153 cm³/mol. The molecule has 3 heterocycles. The summed E-state index contributed by atoms with van der Waals surface area (Å²) in [6.45, 7) is 4.80. The zero-order valence-corrected chi connectivity index (χ0v) is 20.6. The number of benzene rings is 5. The summed E-state index contributed by atoms with van der Waals surface area (Å²) >= 11 is 0. The fourth-order valence-electron chi connectivity index (χ4n) is 7.55. The van der Waals surface area contributed by atoms with E-state index >= 15 is 0 Å². The highest BCUT2D eigenvalue weighted by atomic mass is 15.0. The molecule has 0 atom stereocenters. The van der Waals surface area contributed by atoms with Crippen LogP contribution in [0.4, 0.5) is 0 Å². The molecule has 36 heavy (non-hydrogen) atoms. The molecular formula is C34H24N2. The Bertz CT molecular complexity index is 2240. The lowest BCUT2D eigenvalue weighted by Crippen LogP contribution is -2.16. The predicted octanol–water partition coefficient (Wildman–Crippen LogP) is 8.79. The molecule has 0 amide bonds. The van der Waals surface area contributed by atoms with Crippen molar-refractivity contribution in [2.45, 2.75) is 19.3 Å². The first-order chi connectivity index (χ1) is 17.6. The molecule has 0 unspecified atom stereocenters. The second kappa shape index (κ2) is 5.91. The van der Waals surface area contributed by atoms with E-state index in [0.29, 0.717) is 0 Å². The van der Waals surface area contributed by atoms with Gasteiger partial charge in [0, 0.05) is 44.9 Å². The number of aryl methyl sites for hydroxylation is 1. The van der Waals surface area contributed by atoms with E-state index in [9.17, 15) is 0 Å². The Balaban J connectivity index is 1.69. The molecule has 0 spiro atoms. The van der Waals surface area contributed by atoms with Crippen LogP contribution in [0.2, 0.25) is 0 Å². The van der Waals surface area contributed by atoms with Crippen molar-refractivity contribution in [3.63, 3.8) is 0 Å². The van der Waals surface area contributed by atoms with Crippen LogP contribution in [0.25, 0.3) is 71.0 Å². The zero-order valence-electron chi connectivity index (χ0n) is 20.6. The van der Waals surface area contributed by atoms with E-state index in [2.05, 4.69) is 121 Å². The highest BCUT2D eigenvalue weighted by Crippen LogP contribution is 2.53. The van der Waals surface area contributed by atoms with Crippen LogP contribution < -0.4 is 0 Å². The fraction of sp³-hybridized carbons (Fsp3) is 0.118. The van der Waals surface area contributed by atoms with Gasteiger partial charge in [-0.3, -0.25) is 0 Å². The third-order valence-corrected chi connectivity index (χ3v) is 9.03. The lowest BCUT2D eigenvalue weighted by atomic mass is 9.81. The van der Waals surface area contributed by atoms with Crippen molar-refractivity contribution in [3.8, 4) is 11.1 Å². The second-order valence-corrected chi connectivity index (χ2v) is 11.0. The molecule has 9 rings (SSSR count). The van der Waals surface area contributed by atoms with Crippen LogP contribution in [0.15, 0.2) is 91.0 Å². The second-order valence-electron chi connectivity index (χ2n) is 11.0. The summed E-state index contributed by atoms with van der Waals surface area (Å²) in [5.41, 5.74) is 12.1. The maximum Gasteiger partial charge on any atom is 0.0620 e. The van der Waals surface area contributed by atoms with Gasteiger partial charge in [0.25, 0.3) is 0 Å². The summed E-state index contributed by atoms with van der Waals surface area (Å²) in [6.07, 6.45) is 0. The molecule has 0 radical (unpaired) electrons. The molecular weight excluding hydrogens is 436 g/mol. The summed E-state index contributed by atoms with van der Waals surface area (Å²) in [6, 6.07) is 34.2. The molecule has 2 heteroatoms. The van der Waals surface area contributed by atoms with Crippen molar-refractivity contribution in [3.05, 3.63) is 102 Å². The van der Waals surface area contributed by atoms with E-state index in [4.69, 9.17) is 0 Å². The number of fused-ring (bicyclic) bond motifs is 9. The zero-order chi connectivity index (χ0) is 23.9. The third kappa shape index (κ3) is 1.89. The van der Waals surface area contributed by atoms with Gasteiger partial charge >= 0.3 is 0 Å². The average molecular weight is 461 g/mol. The van der Waals surface area contributed by atoms with E-state index in [-0.39, 0.29) is 5.41 Å². The van der Waals surface area contributed by atoms with Gasteiger partial charge in [-0.2, -0.15) is 0 Å². The molecule has 0 fully saturated rings. The first-order valence-corrected chi connectivity index (χ1v) is 12.8. The quantitative estimate of drug-likeness (QED) is 0.214. The standard InChI is InChI=1S/C34H24N2/c1-34(2)25-13-5-4-9-19(25)21-17-18-24-23-12-6-11-22-20-10-7-14-26-29(20)30-27(35(26)3)15-8-16-28(30)36(32(22)23)33(24)31(21)34/h4-18H,1-3H3. The molecule has 0 N–H and O–H groups in total. The van der Waals surface area contributed by atoms with Crippen molar-refractivity contribution in [2.24, 2.45) is 7.05 Å². The Morgan fingerprint density at radius 3 is 2.03 bits per heavy atom. The molecule has 1 aliphatic rings. The lowest BCUT2D eigenvalue weighted by Gasteiger charge is -2.22. The molecule has 2 nitrogen and oxygen atoms in total. The monoisotopic (exact) mass is 460 g/mol. The molecule has 0 bridgehead atoms. The Kier molecular flexibility index (Phi) is 3.11. The SMILES string of the molecule is Cn1c2cccc3c4cccc5c6ccc7c(c6n(c6cccc1c6c32)c45)C(C)(C)c1ccccc1-7. The first kappa shape index (κ1) is 19.0. The van der Waals surface area contributed by atoms with Crippen LogP contribution in [0, 0.1) is 0 Å². The van der Waals surface area contributed by atoms with Crippen molar-refractivity contribution in [1.82, 2.24) is 8.97 Å². The van der Waals surface area contributed by atoms with Crippen molar-refractivity contribution >= 4 is 59.9 Å². The van der Waals surface area contributed by atoms with Crippen LogP contribution in [-0.2, 0) is 12.5 Å². The molecule has 5 aromatic carbocycles. The van der Waals surface area contributed by atoms with E-state index in [1.165, 1.54) is 82.2 Å². The third-order valence-electron chi connectivity index (χ3n) is 9.03. The number of hydrogen-bond donors (Lipinski definition) is 0. The molecule has 0 aliphatic heterocycles. The number of nitrogens with zero attached hydrogens (tertiary/aromatic N) is 2. The summed E-state index contributed by atoms with van der Waals surface area (Å²) in [7, 11) is 2.20. The van der Waals surface area contributed by atoms with Gasteiger partial charge in [-0.15, -0.1) is 0 Å². The van der Waals surface area contributed by atoms with Gasteiger partial charge in [0.15, 0.2) is 0 Å². The van der Waals surface area contributed by atoms with E-state index < -0.39 is 0 Å². The van der Waals surface area contributed by atoms with Gasteiger partial charge < -0.3 is 8.97 Å². The number of hydrogen-bond acceptors (Lipinski definition) is 0. The highest BCUT2D eigenvalue weighted by molar-refractivity contribution is 6.31. The van der Waals surface area contributed by atoms with E-state index in [1.54, 1.807) is 0 Å². The van der Waals surface area contributed by atoms with Gasteiger partial charge in [0.1, 0.15) is 0 Å². The van der Waals surface area contributed by atoms with Crippen molar-refractivity contribution < 1.29 is 0 Å². The maximum atomic E-state index is 2.61. The largest absolute Gasteiger partial charge is 0.344 e. The maximum absolute atomic E-state index is 2.61. The van der Waals surface area contributed by atoms with Crippen LogP contribution in [0.1, 0.15) is 25.0 Å². The number of aromatic nitrogens is 2. The van der Waals surface area contributed by atoms with Crippen LogP contribution in [0.3, 0.4) is 0 Å². The van der Waals surface area contributed by atoms with Crippen LogP contribution >= 0.6 is 0 Å². The normalized spacial score (nSPS) is 14.8. The lowest BCUT2D eigenvalue weighted by molar-refractivity contribution is 0.664. The summed E-state index contributed by atoms with van der Waals surface area (Å²) in [4.78, 5) is 0. The average Bonchev–Trinajstić information content (AvgIpc) is 3.44.